The molecule has 0 aliphatic heterocycles. The SMILES string of the molecule is Cc1c(NC(=O)[C@@H](C)OC(=O)CSCc2ccc(F)cc2)c(=O)n(-c2ccccc2)n1C. The standard InChI is InChI=1S/C23H24FN3O4S/c1-15-21(23(30)27(26(15)3)19-7-5-4-6-8-19)25-22(29)16(2)31-20(28)14-32-13-17-9-11-18(24)12-10-17/h4-12,16H,13-14H2,1-3H3,(H,25,29)/t16-/m1/s1. The Balaban J connectivity index is 1.58. The van der Waals surface area contributed by atoms with Crippen LogP contribution in [-0.2, 0) is 27.1 Å². The Morgan fingerprint density at radius 2 is 1.78 bits per heavy atom. The van der Waals surface area contributed by atoms with Gasteiger partial charge in [-0.05, 0) is 43.7 Å². The molecule has 7 nitrogen and oxygen atoms in total. The number of carbonyl (C=O) groups is 2. The number of carbonyl (C=O) groups excluding carboxylic acids is 2. The number of nitrogens with zero attached hydrogens (tertiary/aromatic N) is 2. The summed E-state index contributed by atoms with van der Waals surface area (Å²) in [4.78, 5) is 37.5. The van der Waals surface area contributed by atoms with E-state index in [1.165, 1.54) is 35.5 Å². The van der Waals surface area contributed by atoms with Crippen molar-refractivity contribution in [1.29, 1.82) is 0 Å². The highest BCUT2D eigenvalue weighted by Gasteiger charge is 2.23. The van der Waals surface area contributed by atoms with Crippen LogP contribution in [0.15, 0.2) is 59.4 Å². The minimum atomic E-state index is -1.07. The van der Waals surface area contributed by atoms with Crippen LogP contribution in [0.2, 0.25) is 0 Å². The first-order chi connectivity index (χ1) is 15.3. The Hall–Kier alpha value is -3.33. The smallest absolute Gasteiger partial charge is 0.316 e. The van der Waals surface area contributed by atoms with Crippen molar-refractivity contribution in [3.05, 3.63) is 82.0 Å². The van der Waals surface area contributed by atoms with Gasteiger partial charge < -0.3 is 10.1 Å². The zero-order valence-corrected chi connectivity index (χ0v) is 18.8. The van der Waals surface area contributed by atoms with Crippen molar-refractivity contribution in [2.45, 2.75) is 25.7 Å². The molecule has 0 saturated heterocycles. The number of anilines is 1. The van der Waals surface area contributed by atoms with Gasteiger partial charge in [-0.1, -0.05) is 30.3 Å². The third-order valence-corrected chi connectivity index (χ3v) is 5.86. The molecule has 1 aromatic heterocycles. The second kappa shape index (κ2) is 10.3. The number of esters is 1. The van der Waals surface area contributed by atoms with Crippen molar-refractivity contribution >= 4 is 29.3 Å². The van der Waals surface area contributed by atoms with E-state index >= 15 is 0 Å². The first-order valence-electron chi connectivity index (χ1n) is 9.94. The maximum atomic E-state index is 12.9. The second-order valence-electron chi connectivity index (χ2n) is 7.18. The number of hydrogen-bond acceptors (Lipinski definition) is 5. The Kier molecular flexibility index (Phi) is 7.53. The summed E-state index contributed by atoms with van der Waals surface area (Å²) in [6, 6.07) is 15.1. The van der Waals surface area contributed by atoms with Crippen LogP contribution in [0, 0.1) is 12.7 Å². The fourth-order valence-corrected chi connectivity index (χ4v) is 3.82. The van der Waals surface area contributed by atoms with E-state index in [0.717, 1.165) is 5.56 Å². The van der Waals surface area contributed by atoms with E-state index in [1.54, 1.807) is 42.9 Å². The van der Waals surface area contributed by atoms with Crippen molar-refractivity contribution in [3.8, 4) is 5.69 Å². The lowest BCUT2D eigenvalue weighted by Crippen LogP contribution is -2.32. The molecule has 0 unspecified atom stereocenters. The predicted octanol–water partition coefficient (Wildman–Crippen LogP) is 3.43. The lowest BCUT2D eigenvalue weighted by molar-refractivity contribution is -0.150. The number of benzene rings is 2. The number of amides is 1. The van der Waals surface area contributed by atoms with Gasteiger partial charge in [-0.3, -0.25) is 19.1 Å². The van der Waals surface area contributed by atoms with Crippen molar-refractivity contribution in [2.75, 3.05) is 11.1 Å². The molecule has 1 N–H and O–H groups in total. The third-order valence-electron chi connectivity index (χ3n) is 4.88. The summed E-state index contributed by atoms with van der Waals surface area (Å²) in [5.41, 5.74) is 1.87. The highest BCUT2D eigenvalue weighted by molar-refractivity contribution is 7.99. The molecule has 0 radical (unpaired) electrons. The quantitative estimate of drug-likeness (QED) is 0.524. The first-order valence-corrected chi connectivity index (χ1v) is 11.1. The zero-order valence-electron chi connectivity index (χ0n) is 18.0. The lowest BCUT2D eigenvalue weighted by Gasteiger charge is -2.13. The molecule has 2 aromatic carbocycles. The average Bonchev–Trinajstić information content (AvgIpc) is 2.98. The molecule has 168 valence electrons. The molecule has 1 amide bonds. The normalized spacial score (nSPS) is 11.8. The maximum Gasteiger partial charge on any atom is 0.316 e. The number of nitrogens with one attached hydrogen (secondary N) is 1. The van der Waals surface area contributed by atoms with Crippen LogP contribution >= 0.6 is 11.8 Å². The van der Waals surface area contributed by atoms with Gasteiger partial charge in [-0.15, -0.1) is 11.8 Å². The van der Waals surface area contributed by atoms with Crippen molar-refractivity contribution < 1.29 is 18.7 Å². The van der Waals surface area contributed by atoms with Gasteiger partial charge in [0.05, 0.1) is 17.1 Å². The minimum absolute atomic E-state index is 0.0418. The van der Waals surface area contributed by atoms with Gasteiger partial charge in [-0.2, -0.15) is 0 Å². The fourth-order valence-electron chi connectivity index (χ4n) is 3.05. The molecule has 0 saturated carbocycles. The number of hydrogen-bond donors (Lipinski definition) is 1. The molecule has 0 fully saturated rings. The predicted molar refractivity (Wildman–Crippen MR) is 122 cm³/mol. The van der Waals surface area contributed by atoms with Crippen LogP contribution in [0.3, 0.4) is 0 Å². The Morgan fingerprint density at radius 1 is 1.12 bits per heavy atom. The molecule has 32 heavy (non-hydrogen) atoms. The molecule has 0 bridgehead atoms. The zero-order chi connectivity index (χ0) is 23.3. The van der Waals surface area contributed by atoms with Crippen LogP contribution in [-0.4, -0.2) is 33.1 Å². The van der Waals surface area contributed by atoms with Gasteiger partial charge in [0.25, 0.3) is 11.5 Å². The molecule has 1 heterocycles. The summed E-state index contributed by atoms with van der Waals surface area (Å²) in [6.45, 7) is 3.17. The number of halogens is 1. The highest BCUT2D eigenvalue weighted by Crippen LogP contribution is 2.16. The highest BCUT2D eigenvalue weighted by atomic mass is 32.2. The Morgan fingerprint density at radius 3 is 2.44 bits per heavy atom. The minimum Gasteiger partial charge on any atom is -0.452 e. The number of para-hydroxylation sites is 1. The van der Waals surface area contributed by atoms with Gasteiger partial charge in [0.1, 0.15) is 11.5 Å². The van der Waals surface area contributed by atoms with Gasteiger partial charge in [0.15, 0.2) is 6.10 Å². The Labute approximate surface area is 189 Å². The van der Waals surface area contributed by atoms with E-state index in [1.807, 2.05) is 18.2 Å². The van der Waals surface area contributed by atoms with Crippen molar-refractivity contribution in [3.63, 3.8) is 0 Å². The number of aromatic nitrogens is 2. The molecule has 3 rings (SSSR count). The van der Waals surface area contributed by atoms with Crippen LogP contribution in [0.4, 0.5) is 10.1 Å². The third kappa shape index (κ3) is 5.47. The first kappa shape index (κ1) is 23.3. The number of ether oxygens (including phenoxy) is 1. The molecule has 0 spiro atoms. The van der Waals surface area contributed by atoms with E-state index in [2.05, 4.69) is 5.32 Å². The lowest BCUT2D eigenvalue weighted by atomic mass is 10.2. The summed E-state index contributed by atoms with van der Waals surface area (Å²) < 4.78 is 21.2. The molecule has 0 aliphatic carbocycles. The molecular formula is C23H24FN3O4S. The van der Waals surface area contributed by atoms with Crippen LogP contribution < -0.4 is 10.9 Å². The van der Waals surface area contributed by atoms with Crippen LogP contribution in [0.25, 0.3) is 5.69 Å². The van der Waals surface area contributed by atoms with Gasteiger partial charge >= 0.3 is 5.97 Å². The summed E-state index contributed by atoms with van der Waals surface area (Å²) in [6.07, 6.45) is -1.07. The van der Waals surface area contributed by atoms with E-state index < -0.39 is 18.0 Å². The molecule has 9 heteroatoms. The fraction of sp³-hybridized carbons (Fsp3) is 0.261. The summed E-state index contributed by atoms with van der Waals surface area (Å²) in [5, 5.41) is 2.59. The number of rotatable bonds is 8. The maximum absolute atomic E-state index is 12.9. The largest absolute Gasteiger partial charge is 0.452 e. The van der Waals surface area contributed by atoms with Crippen LogP contribution in [0.1, 0.15) is 18.2 Å². The van der Waals surface area contributed by atoms with E-state index in [0.29, 0.717) is 17.1 Å². The van der Waals surface area contributed by atoms with E-state index in [4.69, 9.17) is 4.74 Å². The summed E-state index contributed by atoms with van der Waals surface area (Å²) in [5.74, 6) is -0.903. The second-order valence-corrected chi connectivity index (χ2v) is 8.16. The van der Waals surface area contributed by atoms with Crippen molar-refractivity contribution in [1.82, 2.24) is 9.36 Å². The summed E-state index contributed by atoms with van der Waals surface area (Å²) >= 11 is 1.30. The van der Waals surface area contributed by atoms with Crippen molar-refractivity contribution in [2.24, 2.45) is 7.05 Å². The van der Waals surface area contributed by atoms with Gasteiger partial charge in [0, 0.05) is 12.8 Å². The van der Waals surface area contributed by atoms with Gasteiger partial charge in [0.2, 0.25) is 0 Å². The monoisotopic (exact) mass is 457 g/mol. The van der Waals surface area contributed by atoms with E-state index in [-0.39, 0.29) is 22.8 Å². The molecule has 3 aromatic rings. The topological polar surface area (TPSA) is 82.3 Å². The van der Waals surface area contributed by atoms with Crippen LogP contribution in [0.5, 0.6) is 0 Å². The van der Waals surface area contributed by atoms with Gasteiger partial charge in [-0.25, -0.2) is 9.07 Å². The molecule has 1 atom stereocenters. The number of thioether (sulfide) groups is 1. The van der Waals surface area contributed by atoms with E-state index in [9.17, 15) is 18.8 Å². The Bertz CT molecular complexity index is 1160. The molecule has 0 aliphatic rings. The summed E-state index contributed by atoms with van der Waals surface area (Å²) in [7, 11) is 1.72. The molecular weight excluding hydrogens is 433 g/mol. The average molecular weight is 458 g/mol.